The lowest BCUT2D eigenvalue weighted by molar-refractivity contribution is 0.515. The number of hydrogen-bond acceptors (Lipinski definition) is 2. The van der Waals surface area contributed by atoms with E-state index in [4.69, 9.17) is 12.6 Å². The number of hydrogen-bond donors (Lipinski definition) is 2. The molecule has 3 rings (SSSR count). The number of rotatable bonds is 17. The molecule has 0 amide bonds. The van der Waals surface area contributed by atoms with Crippen molar-refractivity contribution in [1.82, 2.24) is 0 Å². The molecule has 0 radical (unpaired) electrons. The van der Waals surface area contributed by atoms with E-state index in [0.717, 1.165) is 10.6 Å². The van der Waals surface area contributed by atoms with Crippen LogP contribution in [-0.2, 0) is 0 Å². The second-order valence-corrected chi connectivity index (χ2v) is 11.0. The van der Waals surface area contributed by atoms with Crippen molar-refractivity contribution in [1.29, 1.82) is 0 Å². The first-order chi connectivity index (χ1) is 16.8. The van der Waals surface area contributed by atoms with Crippen LogP contribution in [0.2, 0.25) is 0 Å². The van der Waals surface area contributed by atoms with Gasteiger partial charge in [0.2, 0.25) is 0 Å². The van der Waals surface area contributed by atoms with Crippen LogP contribution in [0.25, 0.3) is 21.5 Å². The Balaban J connectivity index is 1.40. The number of thiol groups is 2. The van der Waals surface area contributed by atoms with Gasteiger partial charge in [0, 0.05) is 4.90 Å². The fourth-order valence-electron chi connectivity index (χ4n) is 5.51. The molecule has 1 unspecified atom stereocenters. The van der Waals surface area contributed by atoms with Crippen LogP contribution in [0.3, 0.4) is 0 Å². The molecule has 0 aliphatic rings. The van der Waals surface area contributed by atoms with Gasteiger partial charge in [0.25, 0.3) is 0 Å². The molecule has 1 atom stereocenters. The Morgan fingerprint density at radius 1 is 0.588 bits per heavy atom. The molecule has 0 aliphatic heterocycles. The van der Waals surface area contributed by atoms with Crippen molar-refractivity contribution < 1.29 is 0 Å². The van der Waals surface area contributed by atoms with Gasteiger partial charge >= 0.3 is 0 Å². The number of unbranched alkanes of at least 4 members (excludes halogenated alkanes) is 12. The molecule has 0 aliphatic carbocycles. The van der Waals surface area contributed by atoms with Crippen LogP contribution in [0.15, 0.2) is 53.4 Å². The summed E-state index contributed by atoms with van der Waals surface area (Å²) in [6.45, 7) is 2.36. The van der Waals surface area contributed by atoms with E-state index in [1.165, 1.54) is 123 Å². The maximum atomic E-state index is 4.78. The summed E-state index contributed by atoms with van der Waals surface area (Å²) in [5, 5.41) is 5.44. The molecule has 3 aromatic carbocycles. The largest absolute Gasteiger partial charge is 0.179 e. The normalized spacial score (nSPS) is 12.6. The molecule has 0 spiro atoms. The summed E-state index contributed by atoms with van der Waals surface area (Å²) in [6.07, 6.45) is 20.7. The molecule has 2 heteroatoms. The summed E-state index contributed by atoms with van der Waals surface area (Å²) in [5.74, 6) is 1.69. The van der Waals surface area contributed by atoms with Crippen LogP contribution in [0.4, 0.5) is 0 Å². The molecule has 0 nitrogen and oxygen atoms in total. The summed E-state index contributed by atoms with van der Waals surface area (Å²) in [5.41, 5.74) is 1.53. The minimum Gasteiger partial charge on any atom is -0.179 e. The van der Waals surface area contributed by atoms with Crippen LogP contribution >= 0.6 is 25.3 Å². The van der Waals surface area contributed by atoms with Gasteiger partial charge in [-0.3, -0.25) is 0 Å². The minimum atomic E-state index is 0.634. The van der Waals surface area contributed by atoms with E-state index in [0.29, 0.717) is 5.92 Å². The standard InChI is InChI=1S/C32H46S2/c1-2-26(19-14-12-10-8-6-4-3-5-7-9-11-13-17-24-33)30-25-31-29(22-18-23-32(31)34)27-20-15-16-21-28(27)30/h15-16,18,20-23,25-26,33-34H,2-14,17,19,24H2,1H3. The molecule has 34 heavy (non-hydrogen) atoms. The average Bonchev–Trinajstić information content (AvgIpc) is 2.86. The second kappa shape index (κ2) is 15.8. The van der Waals surface area contributed by atoms with Crippen molar-refractivity contribution in [3.8, 4) is 0 Å². The maximum absolute atomic E-state index is 4.78. The van der Waals surface area contributed by atoms with Gasteiger partial charge in [0.15, 0.2) is 0 Å². The van der Waals surface area contributed by atoms with Crippen molar-refractivity contribution in [3.63, 3.8) is 0 Å². The molecule has 0 bridgehead atoms. The molecule has 0 saturated heterocycles. The fraction of sp³-hybridized carbons (Fsp3) is 0.562. The summed E-state index contributed by atoms with van der Waals surface area (Å²) >= 11 is 9.07. The van der Waals surface area contributed by atoms with Crippen molar-refractivity contribution in [2.24, 2.45) is 0 Å². The van der Waals surface area contributed by atoms with Gasteiger partial charge in [-0.05, 0) is 70.2 Å². The first kappa shape index (κ1) is 27.5. The topological polar surface area (TPSA) is 0 Å². The monoisotopic (exact) mass is 494 g/mol. The molecule has 0 saturated carbocycles. The lowest BCUT2D eigenvalue weighted by Gasteiger charge is -2.20. The van der Waals surface area contributed by atoms with Gasteiger partial charge < -0.3 is 0 Å². The predicted octanol–water partition coefficient (Wildman–Crippen LogP) is 11.2. The van der Waals surface area contributed by atoms with E-state index in [1.54, 1.807) is 0 Å². The lowest BCUT2D eigenvalue weighted by Crippen LogP contribution is -2.00. The number of benzene rings is 3. The Hall–Kier alpha value is -1.12. The van der Waals surface area contributed by atoms with Crippen LogP contribution in [0.1, 0.15) is 115 Å². The third kappa shape index (κ3) is 8.23. The van der Waals surface area contributed by atoms with E-state index in [9.17, 15) is 0 Å². The smallest absolute Gasteiger partial charge is 0.0119 e. The quantitative estimate of drug-likeness (QED) is 0.104. The predicted molar refractivity (Wildman–Crippen MR) is 160 cm³/mol. The first-order valence-corrected chi connectivity index (χ1v) is 15.1. The molecule has 0 N–H and O–H groups in total. The Morgan fingerprint density at radius 3 is 1.68 bits per heavy atom. The van der Waals surface area contributed by atoms with E-state index in [-0.39, 0.29) is 0 Å². The van der Waals surface area contributed by atoms with Crippen molar-refractivity contribution in [2.45, 2.75) is 114 Å². The van der Waals surface area contributed by atoms with Crippen LogP contribution in [0, 0.1) is 0 Å². The second-order valence-electron chi connectivity index (χ2n) is 10.1. The van der Waals surface area contributed by atoms with Crippen LogP contribution < -0.4 is 0 Å². The van der Waals surface area contributed by atoms with Gasteiger partial charge in [-0.15, -0.1) is 12.6 Å². The van der Waals surface area contributed by atoms with E-state index in [1.807, 2.05) is 0 Å². The van der Waals surface area contributed by atoms with Gasteiger partial charge in [-0.25, -0.2) is 0 Å². The Morgan fingerprint density at radius 2 is 1.09 bits per heavy atom. The van der Waals surface area contributed by atoms with E-state index >= 15 is 0 Å². The highest BCUT2D eigenvalue weighted by molar-refractivity contribution is 7.80. The zero-order valence-corrected chi connectivity index (χ0v) is 23.2. The number of fused-ring (bicyclic) bond motifs is 3. The first-order valence-electron chi connectivity index (χ1n) is 14.0. The Kier molecular flexibility index (Phi) is 12.8. The SMILES string of the molecule is CCC(CCCCCCCCCCCCCCCS)c1cc2c(S)cccc2c2ccccc12. The molecule has 0 heterocycles. The maximum Gasteiger partial charge on any atom is 0.0119 e. The highest BCUT2D eigenvalue weighted by Crippen LogP contribution is 2.38. The molecule has 3 aromatic rings. The van der Waals surface area contributed by atoms with Crippen LogP contribution in [-0.4, -0.2) is 5.75 Å². The molecular weight excluding hydrogens is 448 g/mol. The summed E-state index contributed by atoms with van der Waals surface area (Å²) < 4.78 is 0. The van der Waals surface area contributed by atoms with Crippen molar-refractivity contribution in [3.05, 3.63) is 54.1 Å². The zero-order chi connectivity index (χ0) is 24.0. The third-order valence-electron chi connectivity index (χ3n) is 7.55. The van der Waals surface area contributed by atoms with Gasteiger partial charge in [-0.1, -0.05) is 120 Å². The zero-order valence-electron chi connectivity index (χ0n) is 21.4. The molecule has 0 fully saturated rings. The lowest BCUT2D eigenvalue weighted by atomic mass is 9.85. The van der Waals surface area contributed by atoms with Crippen molar-refractivity contribution in [2.75, 3.05) is 5.75 Å². The average molecular weight is 495 g/mol. The Labute approximate surface area is 220 Å². The summed E-state index contributed by atoms with van der Waals surface area (Å²) in [7, 11) is 0. The van der Waals surface area contributed by atoms with Crippen LogP contribution in [0.5, 0.6) is 0 Å². The van der Waals surface area contributed by atoms with E-state index in [2.05, 4.69) is 68.1 Å². The summed E-state index contributed by atoms with van der Waals surface area (Å²) in [6, 6.07) is 17.9. The fourth-order valence-corrected chi connectivity index (χ4v) is 6.00. The van der Waals surface area contributed by atoms with Gasteiger partial charge in [0.05, 0.1) is 0 Å². The Bertz CT molecular complexity index is 977. The molecular formula is C32H46S2. The third-order valence-corrected chi connectivity index (χ3v) is 8.26. The van der Waals surface area contributed by atoms with Crippen molar-refractivity contribution >= 4 is 46.8 Å². The highest BCUT2D eigenvalue weighted by Gasteiger charge is 2.15. The minimum absolute atomic E-state index is 0.634. The van der Waals surface area contributed by atoms with Gasteiger partial charge in [-0.2, -0.15) is 12.6 Å². The summed E-state index contributed by atoms with van der Waals surface area (Å²) in [4.78, 5) is 1.09. The van der Waals surface area contributed by atoms with E-state index < -0.39 is 0 Å². The highest BCUT2D eigenvalue weighted by atomic mass is 32.1. The molecule has 0 aromatic heterocycles. The molecule has 186 valence electrons. The van der Waals surface area contributed by atoms with Gasteiger partial charge in [0.1, 0.15) is 0 Å².